The van der Waals surface area contributed by atoms with Gasteiger partial charge in [0.25, 0.3) is 11.6 Å². The number of aromatic nitrogens is 1. The number of nitriles is 1. The summed E-state index contributed by atoms with van der Waals surface area (Å²) in [5.74, 6) is 0.397. The van der Waals surface area contributed by atoms with Gasteiger partial charge in [-0.2, -0.15) is 15.3 Å². The van der Waals surface area contributed by atoms with Gasteiger partial charge in [-0.1, -0.05) is 30.3 Å². The molecule has 0 amide bonds. The molecule has 0 radical (unpaired) electrons. The Morgan fingerprint density at radius 2 is 2.04 bits per heavy atom. The van der Waals surface area contributed by atoms with E-state index in [1.54, 1.807) is 12.1 Å². The van der Waals surface area contributed by atoms with Crippen LogP contribution in [0.4, 0.5) is 11.6 Å². The molecular weight excluding hydrogens is 322 g/mol. The number of benzene rings is 2. The molecule has 0 bridgehead atoms. The van der Waals surface area contributed by atoms with Gasteiger partial charge in [0.15, 0.2) is 0 Å². The monoisotopic (exact) mass is 333 g/mol. The van der Waals surface area contributed by atoms with Crippen LogP contribution in [-0.2, 0) is 0 Å². The molecule has 122 valence electrons. The van der Waals surface area contributed by atoms with Crippen molar-refractivity contribution in [2.75, 3.05) is 5.43 Å². The minimum Gasteiger partial charge on any atom is -0.417 e. The van der Waals surface area contributed by atoms with Crippen molar-refractivity contribution in [3.05, 3.63) is 76.0 Å². The van der Waals surface area contributed by atoms with Crippen LogP contribution in [0, 0.1) is 21.4 Å². The van der Waals surface area contributed by atoms with Crippen LogP contribution < -0.4 is 5.43 Å². The van der Waals surface area contributed by atoms with E-state index in [4.69, 9.17) is 9.68 Å². The van der Waals surface area contributed by atoms with E-state index in [0.29, 0.717) is 11.5 Å². The van der Waals surface area contributed by atoms with E-state index in [9.17, 15) is 10.1 Å². The minimum atomic E-state index is -0.485. The number of hydrogen-bond acceptors (Lipinski definition) is 7. The first kappa shape index (κ1) is 15.9. The SMILES string of the molecule is N#Cc1nc(-c2ccccc2)oc1N/N=C/c1cccc([N+](=O)[O-])c1. The number of non-ortho nitro benzene ring substituents is 1. The predicted octanol–water partition coefficient (Wildman–Crippen LogP) is 3.57. The van der Waals surface area contributed by atoms with Gasteiger partial charge < -0.3 is 4.42 Å². The molecule has 3 aromatic rings. The third-order valence-corrected chi connectivity index (χ3v) is 3.21. The number of hydrazone groups is 1. The molecule has 0 aliphatic heterocycles. The summed E-state index contributed by atoms with van der Waals surface area (Å²) in [6, 6.07) is 17.1. The smallest absolute Gasteiger partial charge is 0.270 e. The Bertz CT molecular complexity index is 973. The van der Waals surface area contributed by atoms with E-state index in [1.807, 2.05) is 36.4 Å². The summed E-state index contributed by atoms with van der Waals surface area (Å²) in [7, 11) is 0. The average Bonchev–Trinajstić information content (AvgIpc) is 3.06. The maximum absolute atomic E-state index is 10.8. The van der Waals surface area contributed by atoms with Crippen molar-refractivity contribution in [2.45, 2.75) is 0 Å². The summed E-state index contributed by atoms with van der Waals surface area (Å²) in [5.41, 5.74) is 3.89. The Labute approximate surface area is 142 Å². The lowest BCUT2D eigenvalue weighted by Gasteiger charge is -1.96. The van der Waals surface area contributed by atoms with Gasteiger partial charge in [0.2, 0.25) is 11.6 Å². The number of hydrogen-bond donors (Lipinski definition) is 1. The predicted molar refractivity (Wildman–Crippen MR) is 91.0 cm³/mol. The molecule has 25 heavy (non-hydrogen) atoms. The van der Waals surface area contributed by atoms with Crippen molar-refractivity contribution in [3.63, 3.8) is 0 Å². The molecule has 0 atom stereocenters. The van der Waals surface area contributed by atoms with Crippen LogP contribution in [0.1, 0.15) is 11.3 Å². The molecule has 1 heterocycles. The topological polar surface area (TPSA) is 117 Å². The average molecular weight is 333 g/mol. The van der Waals surface area contributed by atoms with Crippen LogP contribution in [0.5, 0.6) is 0 Å². The molecule has 3 rings (SSSR count). The van der Waals surface area contributed by atoms with Gasteiger partial charge in [-0.25, -0.2) is 5.43 Å². The Hall–Kier alpha value is -3.99. The summed E-state index contributed by atoms with van der Waals surface area (Å²) >= 11 is 0. The second-order valence-electron chi connectivity index (χ2n) is 4.90. The molecule has 8 heteroatoms. The summed E-state index contributed by atoms with van der Waals surface area (Å²) in [4.78, 5) is 14.4. The normalized spacial score (nSPS) is 10.5. The summed E-state index contributed by atoms with van der Waals surface area (Å²) in [6.45, 7) is 0. The van der Waals surface area contributed by atoms with Gasteiger partial charge in [0.05, 0.1) is 11.1 Å². The highest BCUT2D eigenvalue weighted by Gasteiger charge is 2.13. The van der Waals surface area contributed by atoms with Gasteiger partial charge >= 0.3 is 0 Å². The van der Waals surface area contributed by atoms with E-state index in [0.717, 1.165) is 5.56 Å². The summed E-state index contributed by atoms with van der Waals surface area (Å²) < 4.78 is 5.52. The van der Waals surface area contributed by atoms with E-state index >= 15 is 0 Å². The Balaban J connectivity index is 1.79. The van der Waals surface area contributed by atoms with Crippen LogP contribution in [0.3, 0.4) is 0 Å². The van der Waals surface area contributed by atoms with Gasteiger partial charge in [0.1, 0.15) is 6.07 Å². The van der Waals surface area contributed by atoms with Crippen LogP contribution in [0.25, 0.3) is 11.5 Å². The largest absolute Gasteiger partial charge is 0.417 e. The van der Waals surface area contributed by atoms with E-state index < -0.39 is 4.92 Å². The number of nitro groups is 1. The quantitative estimate of drug-likeness (QED) is 0.433. The van der Waals surface area contributed by atoms with E-state index in [-0.39, 0.29) is 17.3 Å². The van der Waals surface area contributed by atoms with Crippen molar-refractivity contribution < 1.29 is 9.34 Å². The molecular formula is C17H11N5O3. The Morgan fingerprint density at radius 1 is 1.24 bits per heavy atom. The van der Waals surface area contributed by atoms with Crippen molar-refractivity contribution in [1.29, 1.82) is 5.26 Å². The zero-order valence-corrected chi connectivity index (χ0v) is 12.8. The van der Waals surface area contributed by atoms with Crippen molar-refractivity contribution >= 4 is 17.8 Å². The third kappa shape index (κ3) is 3.68. The van der Waals surface area contributed by atoms with Crippen LogP contribution in [0.15, 0.2) is 64.1 Å². The molecule has 1 aromatic heterocycles. The molecule has 0 saturated carbocycles. The molecule has 0 fully saturated rings. The maximum Gasteiger partial charge on any atom is 0.270 e. The fraction of sp³-hybridized carbons (Fsp3) is 0. The highest BCUT2D eigenvalue weighted by molar-refractivity contribution is 5.81. The number of nitrogens with zero attached hydrogens (tertiary/aromatic N) is 4. The number of nitrogens with one attached hydrogen (secondary N) is 1. The van der Waals surface area contributed by atoms with Gasteiger partial charge in [0, 0.05) is 23.3 Å². The lowest BCUT2D eigenvalue weighted by molar-refractivity contribution is -0.384. The van der Waals surface area contributed by atoms with E-state index in [1.165, 1.54) is 18.3 Å². The van der Waals surface area contributed by atoms with Crippen LogP contribution in [-0.4, -0.2) is 16.1 Å². The number of nitro benzene ring substituents is 1. The summed E-state index contributed by atoms with van der Waals surface area (Å²) in [5, 5.41) is 23.9. The zero-order valence-electron chi connectivity index (χ0n) is 12.8. The van der Waals surface area contributed by atoms with Gasteiger partial charge in [-0.3, -0.25) is 10.1 Å². The zero-order chi connectivity index (χ0) is 17.6. The fourth-order valence-corrected chi connectivity index (χ4v) is 2.06. The van der Waals surface area contributed by atoms with E-state index in [2.05, 4.69) is 15.5 Å². The molecule has 0 saturated heterocycles. The van der Waals surface area contributed by atoms with Gasteiger partial charge in [-0.05, 0) is 12.1 Å². The van der Waals surface area contributed by atoms with Crippen LogP contribution in [0.2, 0.25) is 0 Å². The molecule has 0 spiro atoms. The maximum atomic E-state index is 10.8. The first-order chi connectivity index (χ1) is 12.2. The van der Waals surface area contributed by atoms with Crippen molar-refractivity contribution in [3.8, 4) is 17.5 Å². The first-order valence-corrected chi connectivity index (χ1v) is 7.17. The fourth-order valence-electron chi connectivity index (χ4n) is 2.06. The summed E-state index contributed by atoms with van der Waals surface area (Å²) in [6.07, 6.45) is 1.39. The lowest BCUT2D eigenvalue weighted by atomic mass is 10.2. The molecule has 0 aliphatic rings. The molecule has 2 aromatic carbocycles. The number of rotatable bonds is 5. The highest BCUT2D eigenvalue weighted by atomic mass is 16.6. The third-order valence-electron chi connectivity index (χ3n) is 3.21. The van der Waals surface area contributed by atoms with Crippen molar-refractivity contribution in [1.82, 2.24) is 4.98 Å². The highest BCUT2D eigenvalue weighted by Crippen LogP contribution is 2.25. The second-order valence-corrected chi connectivity index (χ2v) is 4.90. The molecule has 1 N–H and O–H groups in total. The lowest BCUT2D eigenvalue weighted by Crippen LogP contribution is -1.93. The second kappa shape index (κ2) is 7.06. The number of anilines is 1. The Morgan fingerprint density at radius 3 is 2.76 bits per heavy atom. The van der Waals surface area contributed by atoms with Crippen molar-refractivity contribution in [2.24, 2.45) is 5.10 Å². The number of oxazole rings is 1. The standard InChI is InChI=1S/C17H11N5O3/c18-10-15-17(25-16(20-15)13-6-2-1-3-7-13)21-19-11-12-5-4-8-14(9-12)22(23)24/h1-9,11,21H/b19-11+. The first-order valence-electron chi connectivity index (χ1n) is 7.17. The van der Waals surface area contributed by atoms with Gasteiger partial charge in [-0.15, -0.1) is 0 Å². The Kier molecular flexibility index (Phi) is 4.49. The molecule has 0 unspecified atom stereocenters. The van der Waals surface area contributed by atoms with Crippen LogP contribution >= 0.6 is 0 Å². The molecule has 0 aliphatic carbocycles. The molecule has 8 nitrogen and oxygen atoms in total. The minimum absolute atomic E-state index is 0.0345.